The molecule has 0 radical (unpaired) electrons. The van der Waals surface area contributed by atoms with Gasteiger partial charge >= 0.3 is 0 Å². The second-order valence-corrected chi connectivity index (χ2v) is 6.76. The summed E-state index contributed by atoms with van der Waals surface area (Å²) < 4.78 is 6.55. The van der Waals surface area contributed by atoms with Crippen molar-refractivity contribution in [1.82, 2.24) is 0 Å². The lowest BCUT2D eigenvalue weighted by Crippen LogP contribution is -2.27. The summed E-state index contributed by atoms with van der Waals surface area (Å²) in [6.45, 7) is 7.09. The maximum Gasteiger partial charge on any atom is 0.0945 e. The van der Waals surface area contributed by atoms with Crippen LogP contribution in [0.2, 0.25) is 5.02 Å². The molecule has 0 aromatic heterocycles. The largest absolute Gasteiger partial charge is 0.389 e. The van der Waals surface area contributed by atoms with Crippen LogP contribution in [0.4, 0.5) is 5.69 Å². The van der Waals surface area contributed by atoms with Crippen LogP contribution in [-0.4, -0.2) is 30.5 Å². The van der Waals surface area contributed by atoms with Gasteiger partial charge in [0.1, 0.15) is 0 Å². The number of aliphatic hydroxyl groups excluding tert-OH is 1. The molecular formula is C15H23BrClNO2. The molecule has 5 heteroatoms. The Morgan fingerprint density at radius 2 is 2.05 bits per heavy atom. The highest BCUT2D eigenvalue weighted by Crippen LogP contribution is 2.25. The fraction of sp³-hybridized carbons (Fsp3) is 0.600. The maximum atomic E-state index is 9.90. The standard InChI is InChI=1S/C15H23BrClNO2/c1-10(2)6-11(3)20-9-13(19)8-18-15-5-4-12(16)7-14(15)17/h4-5,7,10-11,13,18-19H,6,8-9H2,1-3H3. The molecule has 2 atom stereocenters. The number of halogens is 2. The Hall–Kier alpha value is -0.290. The third kappa shape index (κ3) is 6.93. The Morgan fingerprint density at radius 3 is 2.65 bits per heavy atom. The molecule has 0 aliphatic heterocycles. The van der Waals surface area contributed by atoms with E-state index in [1.807, 2.05) is 25.1 Å². The van der Waals surface area contributed by atoms with Gasteiger partial charge in [0, 0.05) is 11.0 Å². The predicted octanol–water partition coefficient (Wildman–Crippen LogP) is 4.33. The van der Waals surface area contributed by atoms with Gasteiger partial charge in [-0.2, -0.15) is 0 Å². The lowest BCUT2D eigenvalue weighted by molar-refractivity contribution is -0.00443. The highest BCUT2D eigenvalue weighted by Gasteiger charge is 2.10. The van der Waals surface area contributed by atoms with Crippen LogP contribution in [0.3, 0.4) is 0 Å². The molecule has 0 saturated heterocycles. The van der Waals surface area contributed by atoms with Crippen molar-refractivity contribution in [2.75, 3.05) is 18.5 Å². The molecule has 0 amide bonds. The van der Waals surface area contributed by atoms with Gasteiger partial charge < -0.3 is 15.2 Å². The van der Waals surface area contributed by atoms with Crippen molar-refractivity contribution in [2.45, 2.75) is 39.4 Å². The molecule has 0 saturated carbocycles. The minimum Gasteiger partial charge on any atom is -0.389 e. The fourth-order valence-electron chi connectivity index (χ4n) is 1.93. The van der Waals surface area contributed by atoms with E-state index in [4.69, 9.17) is 16.3 Å². The smallest absolute Gasteiger partial charge is 0.0945 e. The first-order valence-corrected chi connectivity index (χ1v) is 8.04. The summed E-state index contributed by atoms with van der Waals surface area (Å²) in [5, 5.41) is 13.6. The highest BCUT2D eigenvalue weighted by molar-refractivity contribution is 9.10. The zero-order valence-corrected chi connectivity index (χ0v) is 14.5. The third-order valence-corrected chi connectivity index (χ3v) is 3.64. The van der Waals surface area contributed by atoms with E-state index in [0.29, 0.717) is 24.1 Å². The molecule has 0 heterocycles. The van der Waals surface area contributed by atoms with Crippen LogP contribution >= 0.6 is 27.5 Å². The fourth-order valence-corrected chi connectivity index (χ4v) is 2.67. The zero-order valence-electron chi connectivity index (χ0n) is 12.2. The first-order valence-electron chi connectivity index (χ1n) is 6.87. The first-order chi connectivity index (χ1) is 9.38. The van der Waals surface area contributed by atoms with Crippen LogP contribution in [-0.2, 0) is 4.74 Å². The van der Waals surface area contributed by atoms with Gasteiger partial charge in [-0.05, 0) is 37.5 Å². The summed E-state index contributed by atoms with van der Waals surface area (Å²) in [5.74, 6) is 0.599. The van der Waals surface area contributed by atoms with Crippen LogP contribution < -0.4 is 5.32 Å². The van der Waals surface area contributed by atoms with E-state index in [-0.39, 0.29) is 6.10 Å². The van der Waals surface area contributed by atoms with E-state index < -0.39 is 6.10 Å². The summed E-state index contributed by atoms with van der Waals surface area (Å²) in [7, 11) is 0. The van der Waals surface area contributed by atoms with Crippen molar-refractivity contribution in [3.63, 3.8) is 0 Å². The van der Waals surface area contributed by atoms with Crippen LogP contribution in [0.15, 0.2) is 22.7 Å². The van der Waals surface area contributed by atoms with Crippen molar-refractivity contribution in [2.24, 2.45) is 5.92 Å². The average Bonchev–Trinajstić information content (AvgIpc) is 2.34. The van der Waals surface area contributed by atoms with Gasteiger partial charge in [0.2, 0.25) is 0 Å². The number of hydrogen-bond acceptors (Lipinski definition) is 3. The van der Waals surface area contributed by atoms with Crippen LogP contribution in [0.25, 0.3) is 0 Å². The number of ether oxygens (including phenoxy) is 1. The molecule has 0 aliphatic rings. The van der Waals surface area contributed by atoms with Gasteiger partial charge in [0.25, 0.3) is 0 Å². The van der Waals surface area contributed by atoms with Gasteiger partial charge in [0.05, 0.1) is 29.5 Å². The number of nitrogens with one attached hydrogen (secondary N) is 1. The van der Waals surface area contributed by atoms with Gasteiger partial charge in [-0.25, -0.2) is 0 Å². The number of hydrogen-bond donors (Lipinski definition) is 2. The summed E-state index contributed by atoms with van der Waals surface area (Å²) in [6.07, 6.45) is 0.615. The molecule has 1 aromatic carbocycles. The Kier molecular flexibility index (Phi) is 7.88. The molecule has 1 aromatic rings. The van der Waals surface area contributed by atoms with Gasteiger partial charge in [-0.1, -0.05) is 41.4 Å². The van der Waals surface area contributed by atoms with Crippen molar-refractivity contribution >= 4 is 33.2 Å². The third-order valence-electron chi connectivity index (χ3n) is 2.84. The summed E-state index contributed by atoms with van der Waals surface area (Å²) >= 11 is 9.45. The van der Waals surface area contributed by atoms with E-state index in [2.05, 4.69) is 35.1 Å². The number of aliphatic hydroxyl groups is 1. The number of benzene rings is 1. The van der Waals surface area contributed by atoms with Crippen LogP contribution in [0.5, 0.6) is 0 Å². The van der Waals surface area contributed by atoms with Crippen molar-refractivity contribution in [1.29, 1.82) is 0 Å². The molecule has 0 spiro atoms. The van der Waals surface area contributed by atoms with Crippen molar-refractivity contribution in [3.05, 3.63) is 27.7 Å². The molecule has 0 aliphatic carbocycles. The van der Waals surface area contributed by atoms with E-state index in [9.17, 15) is 5.11 Å². The quantitative estimate of drug-likeness (QED) is 0.721. The monoisotopic (exact) mass is 363 g/mol. The first kappa shape index (κ1) is 17.8. The Bertz CT molecular complexity index is 415. The van der Waals surface area contributed by atoms with E-state index in [1.54, 1.807) is 0 Å². The van der Waals surface area contributed by atoms with Gasteiger partial charge in [-0.3, -0.25) is 0 Å². The van der Waals surface area contributed by atoms with Crippen LogP contribution in [0, 0.1) is 5.92 Å². The van der Waals surface area contributed by atoms with E-state index in [1.165, 1.54) is 0 Å². The lowest BCUT2D eigenvalue weighted by atomic mass is 10.1. The zero-order chi connectivity index (χ0) is 15.1. The Morgan fingerprint density at radius 1 is 1.35 bits per heavy atom. The molecule has 20 heavy (non-hydrogen) atoms. The molecule has 114 valence electrons. The molecule has 3 nitrogen and oxygen atoms in total. The maximum absolute atomic E-state index is 9.90. The topological polar surface area (TPSA) is 41.5 Å². The normalized spacial score (nSPS) is 14.3. The van der Waals surface area contributed by atoms with Gasteiger partial charge in [0.15, 0.2) is 0 Å². The predicted molar refractivity (Wildman–Crippen MR) is 88.5 cm³/mol. The lowest BCUT2D eigenvalue weighted by Gasteiger charge is -2.19. The van der Waals surface area contributed by atoms with E-state index in [0.717, 1.165) is 16.6 Å². The van der Waals surface area contributed by atoms with Gasteiger partial charge in [-0.15, -0.1) is 0 Å². The molecule has 0 bridgehead atoms. The second kappa shape index (κ2) is 8.88. The molecule has 2 N–H and O–H groups in total. The van der Waals surface area contributed by atoms with Crippen LogP contribution in [0.1, 0.15) is 27.2 Å². The van der Waals surface area contributed by atoms with Crippen molar-refractivity contribution in [3.8, 4) is 0 Å². The number of rotatable bonds is 8. The van der Waals surface area contributed by atoms with Crippen molar-refractivity contribution < 1.29 is 9.84 Å². The van der Waals surface area contributed by atoms with E-state index >= 15 is 0 Å². The second-order valence-electron chi connectivity index (χ2n) is 5.43. The SMILES string of the molecule is CC(C)CC(C)OCC(O)CNc1ccc(Br)cc1Cl. The Balaban J connectivity index is 2.30. The molecule has 2 unspecified atom stereocenters. The summed E-state index contributed by atoms with van der Waals surface area (Å²) in [5.41, 5.74) is 0.809. The molecular weight excluding hydrogens is 342 g/mol. The highest BCUT2D eigenvalue weighted by atomic mass is 79.9. The Labute approximate surface area is 134 Å². The minimum absolute atomic E-state index is 0.168. The average molecular weight is 365 g/mol. The molecule has 0 fully saturated rings. The molecule has 1 rings (SSSR count). The number of anilines is 1. The summed E-state index contributed by atoms with van der Waals surface area (Å²) in [4.78, 5) is 0. The minimum atomic E-state index is -0.552. The summed E-state index contributed by atoms with van der Waals surface area (Å²) in [6, 6.07) is 5.60.